The van der Waals surface area contributed by atoms with Gasteiger partial charge >= 0.3 is 0 Å². The van der Waals surface area contributed by atoms with Crippen molar-refractivity contribution in [2.24, 2.45) is 0 Å². The number of fused-ring (bicyclic) bond motifs is 1. The second kappa shape index (κ2) is 8.20. The van der Waals surface area contributed by atoms with Crippen molar-refractivity contribution in [1.29, 1.82) is 0 Å². The molecule has 0 aliphatic carbocycles. The van der Waals surface area contributed by atoms with Gasteiger partial charge in [0.15, 0.2) is 5.82 Å². The third-order valence-electron chi connectivity index (χ3n) is 5.08. The average molecular weight is 428 g/mol. The molecule has 0 unspecified atom stereocenters. The zero-order valence-electron chi connectivity index (χ0n) is 16.7. The van der Waals surface area contributed by atoms with Crippen molar-refractivity contribution in [3.8, 4) is 28.5 Å². The first-order valence-electron chi connectivity index (χ1n) is 9.81. The Morgan fingerprint density at radius 1 is 0.903 bits per heavy atom. The lowest BCUT2D eigenvalue weighted by Crippen LogP contribution is -1.92. The van der Waals surface area contributed by atoms with Crippen LogP contribution >= 0.6 is 11.6 Å². The smallest absolute Gasteiger partial charge is 0.258 e. The lowest BCUT2D eigenvalue weighted by molar-refractivity contribution is 0.414. The van der Waals surface area contributed by atoms with Gasteiger partial charge in [-0.2, -0.15) is 4.98 Å². The van der Waals surface area contributed by atoms with Gasteiger partial charge in [-0.3, -0.25) is 0 Å². The molecule has 0 aliphatic heterocycles. The third-order valence-corrected chi connectivity index (χ3v) is 5.33. The van der Waals surface area contributed by atoms with Crippen molar-refractivity contribution in [2.75, 3.05) is 7.11 Å². The maximum atomic E-state index is 6.05. The normalized spacial score (nSPS) is 11.0. The maximum Gasteiger partial charge on any atom is 0.258 e. The van der Waals surface area contributed by atoms with E-state index in [1.54, 1.807) is 7.11 Å². The molecule has 0 fully saturated rings. The molecule has 0 aliphatic rings. The van der Waals surface area contributed by atoms with E-state index in [1.807, 2.05) is 78.9 Å². The number of aromatic nitrogens is 3. The lowest BCUT2D eigenvalue weighted by Gasteiger charge is -2.07. The number of pyridine rings is 1. The molecule has 5 nitrogen and oxygen atoms in total. The number of para-hydroxylation sites is 1. The van der Waals surface area contributed by atoms with E-state index in [2.05, 4.69) is 10.1 Å². The van der Waals surface area contributed by atoms with E-state index in [4.69, 9.17) is 25.8 Å². The number of ether oxygens (including phenoxy) is 1. The van der Waals surface area contributed by atoms with Crippen LogP contribution in [0.25, 0.3) is 33.6 Å². The summed E-state index contributed by atoms with van der Waals surface area (Å²) in [6, 6.07) is 25.4. The molecule has 0 amide bonds. The molecule has 6 heteroatoms. The molecule has 2 aromatic heterocycles. The Kier molecular flexibility index (Phi) is 5.10. The van der Waals surface area contributed by atoms with E-state index < -0.39 is 0 Å². The topological polar surface area (TPSA) is 61.0 Å². The van der Waals surface area contributed by atoms with Gasteiger partial charge in [0.05, 0.1) is 23.9 Å². The van der Waals surface area contributed by atoms with Crippen molar-refractivity contribution >= 4 is 22.5 Å². The summed E-state index contributed by atoms with van der Waals surface area (Å²) < 4.78 is 10.9. The monoisotopic (exact) mass is 427 g/mol. The molecule has 152 valence electrons. The first-order chi connectivity index (χ1) is 15.2. The molecule has 0 atom stereocenters. The SMILES string of the molecule is COc1ccc(Cc2noc(-c3cc(-c4ccc(Cl)cc4)nc4ccccc34)n2)cc1. The highest BCUT2D eigenvalue weighted by atomic mass is 35.5. The van der Waals surface area contributed by atoms with E-state index in [1.165, 1.54) is 0 Å². The zero-order valence-corrected chi connectivity index (χ0v) is 17.5. The predicted molar refractivity (Wildman–Crippen MR) is 121 cm³/mol. The molecule has 2 heterocycles. The summed E-state index contributed by atoms with van der Waals surface area (Å²) in [6.07, 6.45) is 0.570. The van der Waals surface area contributed by atoms with Gasteiger partial charge in [0.2, 0.25) is 0 Å². The highest BCUT2D eigenvalue weighted by Gasteiger charge is 2.15. The van der Waals surface area contributed by atoms with Gasteiger partial charge in [0, 0.05) is 22.4 Å². The molecule has 5 rings (SSSR count). The quantitative estimate of drug-likeness (QED) is 0.334. The molecular formula is C25H18ClN3O2. The molecule has 0 saturated heterocycles. The Labute approximate surface area is 184 Å². The van der Waals surface area contributed by atoms with Crippen LogP contribution in [0.3, 0.4) is 0 Å². The van der Waals surface area contributed by atoms with Crippen LogP contribution in [0.4, 0.5) is 0 Å². The first-order valence-corrected chi connectivity index (χ1v) is 10.2. The van der Waals surface area contributed by atoms with Gasteiger partial charge in [0.1, 0.15) is 5.75 Å². The second-order valence-corrected chi connectivity index (χ2v) is 7.56. The molecule has 0 saturated carbocycles. The van der Waals surface area contributed by atoms with Crippen LogP contribution in [0.1, 0.15) is 11.4 Å². The minimum Gasteiger partial charge on any atom is -0.497 e. The van der Waals surface area contributed by atoms with Crippen LogP contribution < -0.4 is 4.74 Å². The average Bonchev–Trinajstić information content (AvgIpc) is 3.27. The van der Waals surface area contributed by atoms with Crippen molar-refractivity contribution in [2.45, 2.75) is 6.42 Å². The number of rotatable bonds is 5. The summed E-state index contributed by atoms with van der Waals surface area (Å²) in [5, 5.41) is 5.84. The van der Waals surface area contributed by atoms with Crippen molar-refractivity contribution < 1.29 is 9.26 Å². The minimum atomic E-state index is 0.470. The number of halogens is 1. The molecule has 5 aromatic rings. The fourth-order valence-corrected chi connectivity index (χ4v) is 3.61. The molecule has 0 radical (unpaired) electrons. The number of hydrogen-bond acceptors (Lipinski definition) is 5. The van der Waals surface area contributed by atoms with Crippen LogP contribution in [-0.4, -0.2) is 22.2 Å². The van der Waals surface area contributed by atoms with E-state index in [0.717, 1.165) is 39.0 Å². The fraction of sp³-hybridized carbons (Fsp3) is 0.0800. The summed E-state index contributed by atoms with van der Waals surface area (Å²) in [5.74, 6) is 1.90. The zero-order chi connectivity index (χ0) is 21.2. The van der Waals surface area contributed by atoms with Crippen molar-refractivity contribution in [1.82, 2.24) is 15.1 Å². The summed E-state index contributed by atoms with van der Waals surface area (Å²) >= 11 is 6.05. The van der Waals surface area contributed by atoms with Gasteiger partial charge in [-0.1, -0.05) is 59.2 Å². The molecular weight excluding hydrogens is 410 g/mol. The van der Waals surface area contributed by atoms with Gasteiger partial charge in [-0.15, -0.1) is 0 Å². The Hall–Kier alpha value is -3.70. The van der Waals surface area contributed by atoms with E-state index in [0.29, 0.717) is 23.2 Å². The van der Waals surface area contributed by atoms with E-state index in [9.17, 15) is 0 Å². The van der Waals surface area contributed by atoms with Crippen molar-refractivity contribution in [3.05, 3.63) is 95.3 Å². The minimum absolute atomic E-state index is 0.470. The summed E-state index contributed by atoms with van der Waals surface area (Å²) in [4.78, 5) is 9.47. The highest BCUT2D eigenvalue weighted by Crippen LogP contribution is 2.31. The predicted octanol–water partition coefficient (Wildman–Crippen LogP) is 6.20. The van der Waals surface area contributed by atoms with Gasteiger partial charge in [-0.05, 0) is 42.0 Å². The summed E-state index contributed by atoms with van der Waals surface area (Å²) in [6.45, 7) is 0. The molecule has 0 N–H and O–H groups in total. The molecule has 0 spiro atoms. The highest BCUT2D eigenvalue weighted by molar-refractivity contribution is 6.30. The van der Waals surface area contributed by atoms with Crippen LogP contribution in [0.5, 0.6) is 5.75 Å². The van der Waals surface area contributed by atoms with Crippen LogP contribution in [0.2, 0.25) is 5.02 Å². The summed E-state index contributed by atoms with van der Waals surface area (Å²) in [7, 11) is 1.65. The van der Waals surface area contributed by atoms with Crippen LogP contribution in [0, 0.1) is 0 Å². The molecule has 3 aromatic carbocycles. The maximum absolute atomic E-state index is 6.05. The van der Waals surface area contributed by atoms with Gasteiger partial charge in [0.25, 0.3) is 5.89 Å². The number of hydrogen-bond donors (Lipinski definition) is 0. The number of methoxy groups -OCH3 is 1. The van der Waals surface area contributed by atoms with Crippen molar-refractivity contribution in [3.63, 3.8) is 0 Å². The largest absolute Gasteiger partial charge is 0.497 e. The van der Waals surface area contributed by atoms with E-state index in [-0.39, 0.29) is 0 Å². The Bertz CT molecular complexity index is 1350. The third kappa shape index (κ3) is 4.00. The molecule has 31 heavy (non-hydrogen) atoms. The summed E-state index contributed by atoms with van der Waals surface area (Å²) in [5.41, 5.74) is 4.58. The lowest BCUT2D eigenvalue weighted by atomic mass is 10.0. The first kappa shape index (κ1) is 19.3. The Balaban J connectivity index is 1.54. The fourth-order valence-electron chi connectivity index (χ4n) is 3.48. The number of nitrogens with zero attached hydrogens (tertiary/aromatic N) is 3. The second-order valence-electron chi connectivity index (χ2n) is 7.12. The van der Waals surface area contributed by atoms with Crippen LogP contribution in [-0.2, 0) is 6.42 Å². The van der Waals surface area contributed by atoms with E-state index >= 15 is 0 Å². The number of benzene rings is 3. The Morgan fingerprint density at radius 2 is 1.68 bits per heavy atom. The van der Waals surface area contributed by atoms with Gasteiger partial charge < -0.3 is 9.26 Å². The van der Waals surface area contributed by atoms with Gasteiger partial charge in [-0.25, -0.2) is 4.98 Å². The molecule has 0 bridgehead atoms. The van der Waals surface area contributed by atoms with Crippen LogP contribution in [0.15, 0.2) is 83.4 Å². The standard InChI is InChI=1S/C25H18ClN3O2/c1-30-19-12-6-16(7-13-19)14-24-28-25(31-29-24)21-15-23(17-8-10-18(26)11-9-17)27-22-5-3-2-4-20(21)22/h2-13,15H,14H2,1H3. The Morgan fingerprint density at radius 3 is 2.45 bits per heavy atom.